The van der Waals surface area contributed by atoms with Crippen molar-refractivity contribution in [1.29, 1.82) is 0 Å². The third-order valence-corrected chi connectivity index (χ3v) is 3.27. The molecule has 1 heterocycles. The van der Waals surface area contributed by atoms with Crippen LogP contribution in [0.15, 0.2) is 16.5 Å². The maximum Gasteiger partial charge on any atom is 0.313 e. The molecule has 1 unspecified atom stereocenters. The van der Waals surface area contributed by atoms with E-state index in [9.17, 15) is 4.79 Å². The van der Waals surface area contributed by atoms with Crippen LogP contribution in [0.1, 0.15) is 30.4 Å². The molecule has 2 rings (SSSR count). The number of carbonyl (C=O) groups excluding carboxylic acids is 1. The number of esters is 1. The Morgan fingerprint density at radius 1 is 1.56 bits per heavy atom. The minimum Gasteiger partial charge on any atom is -0.469 e. The van der Waals surface area contributed by atoms with Crippen molar-refractivity contribution in [3.05, 3.63) is 23.7 Å². The number of methoxy groups -OCH3 is 1. The fourth-order valence-corrected chi connectivity index (χ4v) is 2.25. The molecule has 1 aromatic rings. The number of carbonyl (C=O) groups is 1. The molecule has 0 saturated heterocycles. The lowest BCUT2D eigenvalue weighted by atomic mass is 9.94. The lowest BCUT2D eigenvalue weighted by molar-refractivity contribution is -0.148. The summed E-state index contributed by atoms with van der Waals surface area (Å²) in [5.41, 5.74) is -0.423. The van der Waals surface area contributed by atoms with E-state index >= 15 is 0 Å². The van der Waals surface area contributed by atoms with E-state index in [1.54, 1.807) is 0 Å². The minimum atomic E-state index is -0.423. The lowest BCUT2D eigenvalue weighted by Gasteiger charge is -2.22. The van der Waals surface area contributed by atoms with Crippen molar-refractivity contribution in [2.75, 3.05) is 14.2 Å². The SMILES string of the molecule is CNC(c1ccc(C)o1)C1(C(=O)OC)CC1. The van der Waals surface area contributed by atoms with Gasteiger partial charge in [0, 0.05) is 0 Å². The normalized spacial score (nSPS) is 19.2. The second-order valence-electron chi connectivity index (χ2n) is 4.32. The smallest absolute Gasteiger partial charge is 0.313 e. The quantitative estimate of drug-likeness (QED) is 0.791. The topological polar surface area (TPSA) is 51.5 Å². The van der Waals surface area contributed by atoms with Gasteiger partial charge in [0.25, 0.3) is 0 Å². The number of rotatable bonds is 4. The minimum absolute atomic E-state index is 0.0892. The molecule has 0 bridgehead atoms. The first-order chi connectivity index (χ1) is 7.64. The summed E-state index contributed by atoms with van der Waals surface area (Å²) in [6, 6.07) is 3.74. The summed E-state index contributed by atoms with van der Waals surface area (Å²) >= 11 is 0. The van der Waals surface area contributed by atoms with E-state index in [-0.39, 0.29) is 12.0 Å². The van der Waals surface area contributed by atoms with Crippen molar-refractivity contribution in [1.82, 2.24) is 5.32 Å². The van der Waals surface area contributed by atoms with E-state index in [0.29, 0.717) is 0 Å². The lowest BCUT2D eigenvalue weighted by Crippen LogP contribution is -2.33. The Balaban J connectivity index is 2.26. The van der Waals surface area contributed by atoms with Gasteiger partial charge in [-0.1, -0.05) is 0 Å². The Hall–Kier alpha value is -1.29. The molecule has 88 valence electrons. The van der Waals surface area contributed by atoms with E-state index in [2.05, 4.69) is 5.32 Å². The molecule has 4 heteroatoms. The Morgan fingerprint density at radius 2 is 2.25 bits per heavy atom. The third-order valence-electron chi connectivity index (χ3n) is 3.27. The molecule has 0 radical (unpaired) electrons. The van der Waals surface area contributed by atoms with Gasteiger partial charge in [-0.3, -0.25) is 4.79 Å². The highest BCUT2D eigenvalue weighted by Crippen LogP contribution is 2.55. The van der Waals surface area contributed by atoms with Crippen molar-refractivity contribution in [3.8, 4) is 0 Å². The molecule has 1 atom stereocenters. The average Bonchev–Trinajstić information content (AvgIpc) is 2.97. The van der Waals surface area contributed by atoms with E-state index in [4.69, 9.17) is 9.15 Å². The van der Waals surface area contributed by atoms with E-state index in [1.807, 2.05) is 26.1 Å². The van der Waals surface area contributed by atoms with E-state index in [0.717, 1.165) is 24.4 Å². The van der Waals surface area contributed by atoms with Gasteiger partial charge in [0.05, 0.1) is 18.6 Å². The number of hydrogen-bond donors (Lipinski definition) is 1. The molecular weight excluding hydrogens is 206 g/mol. The van der Waals surface area contributed by atoms with E-state index in [1.165, 1.54) is 7.11 Å². The number of hydrogen-bond acceptors (Lipinski definition) is 4. The van der Waals surface area contributed by atoms with Gasteiger partial charge in [-0.2, -0.15) is 0 Å². The van der Waals surface area contributed by atoms with Crippen LogP contribution in [-0.4, -0.2) is 20.1 Å². The highest BCUT2D eigenvalue weighted by molar-refractivity contribution is 5.81. The summed E-state index contributed by atoms with van der Waals surface area (Å²) < 4.78 is 10.5. The van der Waals surface area contributed by atoms with Gasteiger partial charge in [0.15, 0.2) is 0 Å². The first-order valence-electron chi connectivity index (χ1n) is 5.46. The first kappa shape index (κ1) is 11.2. The van der Waals surface area contributed by atoms with Crippen LogP contribution >= 0.6 is 0 Å². The maximum atomic E-state index is 11.8. The Morgan fingerprint density at radius 3 is 2.62 bits per heavy atom. The summed E-state index contributed by atoms with van der Waals surface area (Å²) in [6.07, 6.45) is 1.70. The molecule has 1 saturated carbocycles. The van der Waals surface area contributed by atoms with Crippen molar-refractivity contribution in [3.63, 3.8) is 0 Å². The van der Waals surface area contributed by atoms with Crippen LogP contribution in [0.2, 0.25) is 0 Å². The molecule has 0 amide bonds. The molecule has 1 fully saturated rings. The van der Waals surface area contributed by atoms with Crippen LogP contribution in [0.25, 0.3) is 0 Å². The van der Waals surface area contributed by atoms with Crippen LogP contribution in [0.5, 0.6) is 0 Å². The predicted octanol–water partition coefficient (Wildman–Crippen LogP) is 1.80. The second-order valence-corrected chi connectivity index (χ2v) is 4.32. The highest BCUT2D eigenvalue weighted by atomic mass is 16.5. The van der Waals surface area contributed by atoms with Crippen LogP contribution in [0, 0.1) is 12.3 Å². The molecule has 1 aliphatic carbocycles. The van der Waals surface area contributed by atoms with Crippen molar-refractivity contribution in [2.45, 2.75) is 25.8 Å². The van der Waals surface area contributed by atoms with Crippen LogP contribution in [0.4, 0.5) is 0 Å². The van der Waals surface area contributed by atoms with Crippen LogP contribution in [0.3, 0.4) is 0 Å². The van der Waals surface area contributed by atoms with Crippen molar-refractivity contribution in [2.24, 2.45) is 5.41 Å². The van der Waals surface area contributed by atoms with Crippen LogP contribution < -0.4 is 5.32 Å². The molecule has 0 aliphatic heterocycles. The van der Waals surface area contributed by atoms with Crippen LogP contribution in [-0.2, 0) is 9.53 Å². The van der Waals surface area contributed by atoms with Crippen molar-refractivity contribution < 1.29 is 13.9 Å². The van der Waals surface area contributed by atoms with Gasteiger partial charge in [-0.25, -0.2) is 0 Å². The fraction of sp³-hybridized carbons (Fsp3) is 0.583. The number of furan rings is 1. The predicted molar refractivity (Wildman–Crippen MR) is 58.9 cm³/mol. The Labute approximate surface area is 95.0 Å². The molecular formula is C12H17NO3. The summed E-state index contributed by atoms with van der Waals surface area (Å²) in [5, 5.41) is 3.16. The summed E-state index contributed by atoms with van der Waals surface area (Å²) in [6.45, 7) is 1.90. The zero-order valence-corrected chi connectivity index (χ0v) is 9.87. The molecule has 4 nitrogen and oxygen atoms in total. The standard InChI is InChI=1S/C12H17NO3/c1-8-4-5-9(16-8)10(13-2)12(6-7-12)11(14)15-3/h4-5,10,13H,6-7H2,1-3H3. The maximum absolute atomic E-state index is 11.8. The Kier molecular flexibility index (Phi) is 2.76. The molecule has 0 spiro atoms. The molecule has 1 aromatic heterocycles. The number of aryl methyl sites for hydroxylation is 1. The van der Waals surface area contributed by atoms with Gasteiger partial charge >= 0.3 is 5.97 Å². The second kappa shape index (κ2) is 3.94. The average molecular weight is 223 g/mol. The largest absolute Gasteiger partial charge is 0.469 e. The van der Waals surface area contributed by atoms with Gasteiger partial charge in [0.1, 0.15) is 11.5 Å². The monoisotopic (exact) mass is 223 g/mol. The van der Waals surface area contributed by atoms with Gasteiger partial charge in [-0.15, -0.1) is 0 Å². The zero-order chi connectivity index (χ0) is 11.8. The number of nitrogens with one attached hydrogen (secondary N) is 1. The molecule has 0 aromatic carbocycles. The highest BCUT2D eigenvalue weighted by Gasteiger charge is 2.57. The molecule has 1 N–H and O–H groups in total. The third kappa shape index (κ3) is 1.63. The van der Waals surface area contributed by atoms with Crippen molar-refractivity contribution >= 4 is 5.97 Å². The fourth-order valence-electron chi connectivity index (χ4n) is 2.25. The van der Waals surface area contributed by atoms with Gasteiger partial charge in [-0.05, 0) is 38.9 Å². The summed E-state index contributed by atoms with van der Waals surface area (Å²) in [7, 11) is 3.27. The molecule has 1 aliphatic rings. The van der Waals surface area contributed by atoms with Gasteiger partial charge in [0.2, 0.25) is 0 Å². The summed E-state index contributed by atoms with van der Waals surface area (Å²) in [5.74, 6) is 1.51. The van der Waals surface area contributed by atoms with E-state index < -0.39 is 5.41 Å². The number of ether oxygens (including phenoxy) is 1. The zero-order valence-electron chi connectivity index (χ0n) is 9.87. The first-order valence-corrected chi connectivity index (χ1v) is 5.46. The van der Waals surface area contributed by atoms with Gasteiger partial charge < -0.3 is 14.5 Å². The summed E-state index contributed by atoms with van der Waals surface area (Å²) in [4.78, 5) is 11.8. The Bertz CT molecular complexity index is 393. The molecule has 16 heavy (non-hydrogen) atoms.